The molecule has 0 saturated heterocycles. The van der Waals surface area contributed by atoms with Crippen molar-refractivity contribution < 1.29 is 14.3 Å². The number of nitrogens with one attached hydrogen (secondary N) is 1. The van der Waals surface area contributed by atoms with Crippen molar-refractivity contribution in [1.82, 2.24) is 19.9 Å². The summed E-state index contributed by atoms with van der Waals surface area (Å²) in [5.74, 6) is 0.406. The van der Waals surface area contributed by atoms with E-state index in [1.807, 2.05) is 25.3 Å². The number of furan rings is 1. The molecule has 2 N–H and O–H groups in total. The van der Waals surface area contributed by atoms with Crippen LogP contribution < -0.4 is 0 Å². The third kappa shape index (κ3) is 2.90. The molecule has 7 nitrogen and oxygen atoms in total. The van der Waals surface area contributed by atoms with Crippen molar-refractivity contribution in [2.24, 2.45) is 0 Å². The fourth-order valence-corrected chi connectivity index (χ4v) is 3.55. The summed E-state index contributed by atoms with van der Waals surface area (Å²) < 4.78 is 5.37. The van der Waals surface area contributed by atoms with Gasteiger partial charge in [-0.05, 0) is 31.5 Å². The number of nitrogens with zero attached hydrogens (tertiary/aromatic N) is 3. The van der Waals surface area contributed by atoms with E-state index in [1.54, 1.807) is 13.2 Å². The van der Waals surface area contributed by atoms with Gasteiger partial charge in [-0.2, -0.15) is 0 Å². The Labute approximate surface area is 150 Å². The number of aromatic carboxylic acids is 1. The fraction of sp³-hybridized carbons (Fsp3) is 0.316. The minimum absolute atomic E-state index is 0.379. The van der Waals surface area contributed by atoms with E-state index >= 15 is 0 Å². The van der Waals surface area contributed by atoms with Crippen molar-refractivity contribution in [1.29, 1.82) is 0 Å². The number of carbonyl (C=O) groups is 1. The number of aromatic nitrogens is 3. The van der Waals surface area contributed by atoms with Crippen molar-refractivity contribution in [3.05, 3.63) is 58.4 Å². The van der Waals surface area contributed by atoms with Crippen LogP contribution in [-0.4, -0.2) is 37.5 Å². The van der Waals surface area contributed by atoms with E-state index in [2.05, 4.69) is 19.9 Å². The highest BCUT2D eigenvalue weighted by Gasteiger charge is 2.23. The topological polar surface area (TPSA) is 95.3 Å². The summed E-state index contributed by atoms with van der Waals surface area (Å²) in [4.78, 5) is 25.9. The molecular formula is C19H20N4O3. The van der Waals surface area contributed by atoms with Gasteiger partial charge in [-0.3, -0.25) is 4.90 Å². The van der Waals surface area contributed by atoms with Crippen LogP contribution in [0.1, 0.15) is 38.6 Å². The normalized spacial score (nSPS) is 14.4. The molecule has 1 aliphatic heterocycles. The predicted molar refractivity (Wildman–Crippen MR) is 94.8 cm³/mol. The smallest absolute Gasteiger partial charge is 0.337 e. The first-order valence-corrected chi connectivity index (χ1v) is 8.55. The molecule has 134 valence electrons. The van der Waals surface area contributed by atoms with Crippen molar-refractivity contribution in [2.45, 2.75) is 33.4 Å². The second kappa shape index (κ2) is 6.42. The monoisotopic (exact) mass is 352 g/mol. The number of rotatable bonds is 4. The summed E-state index contributed by atoms with van der Waals surface area (Å²) in [6.45, 7) is 5.95. The highest BCUT2D eigenvalue weighted by Crippen LogP contribution is 2.24. The summed E-state index contributed by atoms with van der Waals surface area (Å²) in [5.41, 5.74) is 5.00. The number of carboxylic acids is 1. The molecule has 0 bridgehead atoms. The highest BCUT2D eigenvalue weighted by molar-refractivity contribution is 5.91. The number of hydrogen-bond donors (Lipinski definition) is 2. The average molecular weight is 352 g/mol. The lowest BCUT2D eigenvalue weighted by Crippen LogP contribution is -2.31. The van der Waals surface area contributed by atoms with Crippen molar-refractivity contribution in [3.8, 4) is 11.6 Å². The van der Waals surface area contributed by atoms with Gasteiger partial charge in [0.25, 0.3) is 0 Å². The van der Waals surface area contributed by atoms with Crippen molar-refractivity contribution in [3.63, 3.8) is 0 Å². The molecule has 0 aliphatic carbocycles. The van der Waals surface area contributed by atoms with E-state index in [4.69, 9.17) is 4.42 Å². The first kappa shape index (κ1) is 16.5. The standard InChI is InChI=1S/C19H20N4O3/c1-11-15(21-12(2)17(11)19(24)25)10-23-6-5-14-13(9-23)8-20-18(22-14)16-4-3-7-26-16/h3-4,7-8,21H,5-6,9-10H2,1-2H3,(H,24,25). The molecule has 0 amide bonds. The Balaban J connectivity index is 1.53. The van der Waals surface area contributed by atoms with Crippen LogP contribution in [-0.2, 0) is 19.5 Å². The number of carboxylic acid groups (broad SMARTS) is 1. The SMILES string of the molecule is Cc1[nH]c(CN2CCc3nc(-c4ccco4)ncc3C2)c(C)c1C(=O)O. The maximum atomic E-state index is 11.4. The Kier molecular flexibility index (Phi) is 4.08. The second-order valence-corrected chi connectivity index (χ2v) is 6.64. The molecule has 26 heavy (non-hydrogen) atoms. The summed E-state index contributed by atoms with van der Waals surface area (Å²) in [7, 11) is 0. The maximum absolute atomic E-state index is 11.4. The van der Waals surface area contributed by atoms with E-state index in [0.717, 1.165) is 42.0 Å². The van der Waals surface area contributed by atoms with E-state index in [1.165, 1.54) is 0 Å². The average Bonchev–Trinajstić information content (AvgIpc) is 3.23. The van der Waals surface area contributed by atoms with Crippen LogP contribution in [0.4, 0.5) is 0 Å². The molecular weight excluding hydrogens is 332 g/mol. The Bertz CT molecular complexity index is 960. The van der Waals surface area contributed by atoms with Crippen molar-refractivity contribution >= 4 is 5.97 Å². The summed E-state index contributed by atoms with van der Waals surface area (Å²) in [5, 5.41) is 9.34. The van der Waals surface area contributed by atoms with Gasteiger partial charge in [0.05, 0.1) is 17.5 Å². The number of hydrogen-bond acceptors (Lipinski definition) is 5. The quantitative estimate of drug-likeness (QED) is 0.749. The summed E-state index contributed by atoms with van der Waals surface area (Å²) in [6.07, 6.45) is 4.31. The Morgan fingerprint density at radius 2 is 2.27 bits per heavy atom. The van der Waals surface area contributed by atoms with Gasteiger partial charge >= 0.3 is 5.97 Å². The van der Waals surface area contributed by atoms with Gasteiger partial charge in [-0.1, -0.05) is 0 Å². The van der Waals surface area contributed by atoms with Crippen molar-refractivity contribution in [2.75, 3.05) is 6.54 Å². The number of fused-ring (bicyclic) bond motifs is 1. The van der Waals surface area contributed by atoms with Gasteiger partial charge in [0.1, 0.15) is 0 Å². The van der Waals surface area contributed by atoms with Crippen LogP contribution in [0, 0.1) is 13.8 Å². The zero-order valence-electron chi connectivity index (χ0n) is 14.7. The van der Waals surface area contributed by atoms with Gasteiger partial charge in [0.2, 0.25) is 0 Å². The molecule has 0 fully saturated rings. The molecule has 4 heterocycles. The molecule has 0 saturated carbocycles. The van der Waals surface area contributed by atoms with E-state index in [0.29, 0.717) is 29.4 Å². The highest BCUT2D eigenvalue weighted by atomic mass is 16.4. The number of aromatic amines is 1. The van der Waals surface area contributed by atoms with E-state index in [-0.39, 0.29) is 0 Å². The maximum Gasteiger partial charge on any atom is 0.337 e. The Morgan fingerprint density at radius 1 is 1.42 bits per heavy atom. The lowest BCUT2D eigenvalue weighted by atomic mass is 10.1. The summed E-state index contributed by atoms with van der Waals surface area (Å²) >= 11 is 0. The molecule has 4 rings (SSSR count). The third-order valence-electron chi connectivity index (χ3n) is 4.89. The first-order valence-electron chi connectivity index (χ1n) is 8.55. The largest absolute Gasteiger partial charge is 0.478 e. The van der Waals surface area contributed by atoms with Gasteiger partial charge in [-0.25, -0.2) is 14.8 Å². The van der Waals surface area contributed by atoms with Gasteiger partial charge in [-0.15, -0.1) is 0 Å². The van der Waals surface area contributed by atoms with E-state index in [9.17, 15) is 9.90 Å². The molecule has 0 atom stereocenters. The minimum atomic E-state index is -0.884. The van der Waals surface area contributed by atoms with Gasteiger partial charge in [0, 0.05) is 49.2 Å². The molecule has 7 heteroatoms. The molecule has 3 aromatic rings. The van der Waals surface area contributed by atoms with Crippen LogP contribution in [0.15, 0.2) is 29.0 Å². The molecule has 0 aromatic carbocycles. The molecule has 0 unspecified atom stereocenters. The number of H-pyrrole nitrogens is 1. The third-order valence-corrected chi connectivity index (χ3v) is 4.89. The van der Waals surface area contributed by atoms with Crippen LogP contribution in [0.25, 0.3) is 11.6 Å². The lowest BCUT2D eigenvalue weighted by molar-refractivity contribution is 0.0695. The Morgan fingerprint density at radius 3 is 2.96 bits per heavy atom. The lowest BCUT2D eigenvalue weighted by Gasteiger charge is -2.27. The molecule has 1 aliphatic rings. The second-order valence-electron chi connectivity index (χ2n) is 6.64. The van der Waals surface area contributed by atoms with Crippen LogP contribution >= 0.6 is 0 Å². The molecule has 0 radical (unpaired) electrons. The first-order chi connectivity index (χ1) is 12.5. The summed E-state index contributed by atoms with van der Waals surface area (Å²) in [6, 6.07) is 3.68. The van der Waals surface area contributed by atoms with E-state index < -0.39 is 5.97 Å². The zero-order valence-corrected chi connectivity index (χ0v) is 14.7. The number of aryl methyl sites for hydroxylation is 1. The predicted octanol–water partition coefficient (Wildman–Crippen LogP) is 2.94. The fourth-order valence-electron chi connectivity index (χ4n) is 3.55. The molecule has 3 aromatic heterocycles. The molecule has 0 spiro atoms. The van der Waals surface area contributed by atoms with Gasteiger partial charge in [0.15, 0.2) is 11.6 Å². The zero-order chi connectivity index (χ0) is 18.3. The van der Waals surface area contributed by atoms with Crippen LogP contribution in [0.2, 0.25) is 0 Å². The van der Waals surface area contributed by atoms with Gasteiger partial charge < -0.3 is 14.5 Å². The van der Waals surface area contributed by atoms with Crippen LogP contribution in [0.5, 0.6) is 0 Å². The van der Waals surface area contributed by atoms with Crippen LogP contribution in [0.3, 0.4) is 0 Å². The minimum Gasteiger partial charge on any atom is -0.478 e. The Hall–Kier alpha value is -2.93.